The Kier molecular flexibility index (Phi) is 4.30. The van der Waals surface area contributed by atoms with Gasteiger partial charge in [-0.15, -0.1) is 0 Å². The monoisotopic (exact) mass is 293 g/mol. The van der Waals surface area contributed by atoms with Gasteiger partial charge < -0.3 is 40.7 Å². The highest BCUT2D eigenvalue weighted by atomic mass is 16.7. The predicted molar refractivity (Wildman–Crippen MR) is 62.1 cm³/mol. The number of aliphatic hydroxyl groups is 6. The van der Waals surface area contributed by atoms with Crippen molar-refractivity contribution < 1.29 is 40.2 Å². The van der Waals surface area contributed by atoms with Crippen molar-refractivity contribution in [3.05, 3.63) is 0 Å². The van der Waals surface area contributed by atoms with E-state index in [1.807, 2.05) is 0 Å². The van der Waals surface area contributed by atoms with Crippen molar-refractivity contribution in [2.24, 2.45) is 0 Å². The Balaban J connectivity index is 2.15. The summed E-state index contributed by atoms with van der Waals surface area (Å²) >= 11 is 0. The number of aliphatic hydroxyl groups excluding tert-OH is 5. The second kappa shape index (κ2) is 5.53. The van der Waals surface area contributed by atoms with Crippen LogP contribution >= 0.6 is 0 Å². The zero-order valence-corrected chi connectivity index (χ0v) is 10.6. The molecule has 0 aromatic rings. The highest BCUT2D eigenvalue weighted by Gasteiger charge is 2.60. The third kappa shape index (κ3) is 2.42. The molecular formula is C11H19NO8. The lowest BCUT2D eigenvalue weighted by Crippen LogP contribution is -2.72. The maximum atomic E-state index is 11.8. The van der Waals surface area contributed by atoms with Crippen LogP contribution in [0.15, 0.2) is 0 Å². The van der Waals surface area contributed by atoms with E-state index in [1.54, 1.807) is 0 Å². The third-order valence-electron chi connectivity index (χ3n) is 3.80. The zero-order chi connectivity index (χ0) is 15.1. The summed E-state index contributed by atoms with van der Waals surface area (Å²) in [7, 11) is 0. The molecule has 7 N–H and O–H groups in total. The molecule has 7 atom stereocenters. The number of ether oxygens (including phenoxy) is 1. The van der Waals surface area contributed by atoms with E-state index in [0.29, 0.717) is 13.0 Å². The Morgan fingerprint density at radius 1 is 1.05 bits per heavy atom. The number of carbonyl (C=O) groups excluding carboxylic acids is 1. The van der Waals surface area contributed by atoms with Crippen molar-refractivity contribution in [1.29, 1.82) is 0 Å². The van der Waals surface area contributed by atoms with Crippen molar-refractivity contribution in [3.63, 3.8) is 0 Å². The SMILES string of the molecule is O=C(O[C@]1(O)[C@H](O)[C@H](O)[C@@H](O)[C@H](O)[C@H]1O)[C@@H]1CCCN1. The fraction of sp³-hybridized carbons (Fsp3) is 0.909. The van der Waals surface area contributed by atoms with E-state index in [9.17, 15) is 35.4 Å². The topological polar surface area (TPSA) is 160 Å². The maximum absolute atomic E-state index is 11.8. The Morgan fingerprint density at radius 2 is 1.60 bits per heavy atom. The Labute approximate surface area is 114 Å². The summed E-state index contributed by atoms with van der Waals surface area (Å²) in [6, 6.07) is -0.695. The number of esters is 1. The van der Waals surface area contributed by atoms with Gasteiger partial charge in [0.1, 0.15) is 24.4 Å². The molecule has 1 aliphatic heterocycles. The molecular weight excluding hydrogens is 274 g/mol. The minimum absolute atomic E-state index is 0.467. The molecule has 9 heteroatoms. The average molecular weight is 293 g/mol. The lowest BCUT2D eigenvalue weighted by Gasteiger charge is -2.46. The molecule has 1 saturated heterocycles. The standard InChI is InChI=1S/C11H19NO8/c13-5-6(14)8(16)11(19,9(17)7(5)15)20-10(18)4-2-1-3-12-4/h4-9,12-17,19H,1-3H2/t4-,5-,6-,7+,8+,9+,11-/m0/s1. The van der Waals surface area contributed by atoms with Crippen LogP contribution in [0.3, 0.4) is 0 Å². The van der Waals surface area contributed by atoms with Crippen molar-refractivity contribution in [2.45, 2.75) is 55.2 Å². The van der Waals surface area contributed by atoms with E-state index in [0.717, 1.165) is 6.42 Å². The van der Waals surface area contributed by atoms with Gasteiger partial charge in [0.25, 0.3) is 5.79 Å². The van der Waals surface area contributed by atoms with E-state index in [2.05, 4.69) is 5.32 Å². The number of hydrogen-bond acceptors (Lipinski definition) is 9. The molecule has 2 fully saturated rings. The summed E-state index contributed by atoms with van der Waals surface area (Å²) in [6.45, 7) is 0.591. The van der Waals surface area contributed by atoms with Gasteiger partial charge in [0.05, 0.1) is 0 Å². The van der Waals surface area contributed by atoms with Crippen LogP contribution in [0.1, 0.15) is 12.8 Å². The van der Waals surface area contributed by atoms with Crippen LogP contribution in [-0.2, 0) is 9.53 Å². The lowest BCUT2D eigenvalue weighted by atomic mass is 9.82. The summed E-state index contributed by atoms with van der Waals surface area (Å²) in [4.78, 5) is 11.8. The largest absolute Gasteiger partial charge is 0.426 e. The highest BCUT2D eigenvalue weighted by Crippen LogP contribution is 2.32. The van der Waals surface area contributed by atoms with Gasteiger partial charge in [0.15, 0.2) is 12.2 Å². The number of hydrogen-bond donors (Lipinski definition) is 7. The molecule has 0 spiro atoms. The van der Waals surface area contributed by atoms with E-state index >= 15 is 0 Å². The van der Waals surface area contributed by atoms with Gasteiger partial charge in [0.2, 0.25) is 0 Å². The number of carbonyl (C=O) groups is 1. The molecule has 0 amide bonds. The molecule has 116 valence electrons. The third-order valence-corrected chi connectivity index (χ3v) is 3.80. The van der Waals surface area contributed by atoms with Crippen molar-refractivity contribution in [3.8, 4) is 0 Å². The molecule has 0 aromatic carbocycles. The van der Waals surface area contributed by atoms with Crippen molar-refractivity contribution >= 4 is 5.97 Å². The number of nitrogens with one attached hydrogen (secondary N) is 1. The quantitative estimate of drug-likeness (QED) is 0.198. The first kappa shape index (κ1) is 15.6. The molecule has 0 radical (unpaired) electrons. The van der Waals surface area contributed by atoms with E-state index in [1.165, 1.54) is 0 Å². The molecule has 0 aromatic heterocycles. The Morgan fingerprint density at radius 3 is 2.05 bits per heavy atom. The maximum Gasteiger partial charge on any atom is 0.325 e. The fourth-order valence-corrected chi connectivity index (χ4v) is 2.48. The molecule has 9 nitrogen and oxygen atoms in total. The summed E-state index contributed by atoms with van der Waals surface area (Å²) in [5.74, 6) is -3.81. The predicted octanol–water partition coefficient (Wildman–Crippen LogP) is -4.21. The molecule has 20 heavy (non-hydrogen) atoms. The van der Waals surface area contributed by atoms with E-state index < -0.39 is 48.3 Å². The van der Waals surface area contributed by atoms with Gasteiger partial charge >= 0.3 is 5.97 Å². The van der Waals surface area contributed by atoms with Gasteiger partial charge in [-0.3, -0.25) is 4.79 Å². The van der Waals surface area contributed by atoms with Gasteiger partial charge in [-0.2, -0.15) is 0 Å². The fourth-order valence-electron chi connectivity index (χ4n) is 2.48. The molecule has 1 aliphatic carbocycles. The van der Waals surface area contributed by atoms with Crippen LogP contribution in [-0.4, -0.2) is 85.5 Å². The Hall–Kier alpha value is -0.810. The Bertz CT molecular complexity index is 355. The highest BCUT2D eigenvalue weighted by molar-refractivity contribution is 5.76. The molecule has 0 bridgehead atoms. The minimum Gasteiger partial charge on any atom is -0.426 e. The molecule has 1 heterocycles. The molecule has 2 aliphatic rings. The van der Waals surface area contributed by atoms with Crippen LogP contribution in [0, 0.1) is 0 Å². The second-order valence-corrected chi connectivity index (χ2v) is 5.18. The van der Waals surface area contributed by atoms with Crippen LogP contribution in [0.5, 0.6) is 0 Å². The normalized spacial score (nSPS) is 49.1. The second-order valence-electron chi connectivity index (χ2n) is 5.18. The summed E-state index contributed by atoms with van der Waals surface area (Å²) < 4.78 is 4.70. The van der Waals surface area contributed by atoms with Gasteiger partial charge in [-0.1, -0.05) is 0 Å². The lowest BCUT2D eigenvalue weighted by molar-refractivity contribution is -0.348. The van der Waals surface area contributed by atoms with E-state index in [4.69, 9.17) is 4.74 Å². The van der Waals surface area contributed by atoms with Crippen LogP contribution in [0.25, 0.3) is 0 Å². The van der Waals surface area contributed by atoms with Crippen LogP contribution in [0.4, 0.5) is 0 Å². The first-order valence-electron chi connectivity index (χ1n) is 6.38. The first-order valence-corrected chi connectivity index (χ1v) is 6.38. The van der Waals surface area contributed by atoms with E-state index in [-0.39, 0.29) is 0 Å². The van der Waals surface area contributed by atoms with Crippen LogP contribution < -0.4 is 5.32 Å². The number of rotatable bonds is 2. The molecule has 0 unspecified atom stereocenters. The zero-order valence-electron chi connectivity index (χ0n) is 10.6. The first-order chi connectivity index (χ1) is 9.29. The average Bonchev–Trinajstić information content (AvgIpc) is 2.95. The van der Waals surface area contributed by atoms with Crippen molar-refractivity contribution in [2.75, 3.05) is 6.54 Å². The molecule has 1 saturated carbocycles. The van der Waals surface area contributed by atoms with Crippen LogP contribution in [0.2, 0.25) is 0 Å². The van der Waals surface area contributed by atoms with Gasteiger partial charge in [0, 0.05) is 0 Å². The minimum atomic E-state index is -2.89. The molecule has 2 rings (SSSR count). The van der Waals surface area contributed by atoms with Gasteiger partial charge in [-0.25, -0.2) is 0 Å². The van der Waals surface area contributed by atoms with Gasteiger partial charge in [-0.05, 0) is 19.4 Å². The summed E-state index contributed by atoms with van der Waals surface area (Å²) in [6.07, 6.45) is -8.92. The van der Waals surface area contributed by atoms with Crippen molar-refractivity contribution in [1.82, 2.24) is 5.32 Å². The summed E-state index contributed by atoms with van der Waals surface area (Å²) in [5, 5.41) is 60.7. The summed E-state index contributed by atoms with van der Waals surface area (Å²) in [5.41, 5.74) is 0. The smallest absolute Gasteiger partial charge is 0.325 e.